The van der Waals surface area contributed by atoms with Crippen molar-refractivity contribution < 1.29 is 0 Å². The van der Waals surface area contributed by atoms with Gasteiger partial charge in [0.25, 0.3) is 0 Å². The molecule has 0 aromatic heterocycles. The van der Waals surface area contributed by atoms with E-state index in [0.717, 1.165) is 11.6 Å². The van der Waals surface area contributed by atoms with E-state index in [0.29, 0.717) is 12.1 Å². The Labute approximate surface area is 105 Å². The minimum atomic E-state index is 0.494. The van der Waals surface area contributed by atoms with Gasteiger partial charge < -0.3 is 5.73 Å². The van der Waals surface area contributed by atoms with Gasteiger partial charge in [-0.15, -0.1) is 0 Å². The van der Waals surface area contributed by atoms with Crippen LogP contribution in [0.3, 0.4) is 0 Å². The van der Waals surface area contributed by atoms with Crippen LogP contribution in [0.2, 0.25) is 0 Å². The van der Waals surface area contributed by atoms with Crippen LogP contribution in [-0.4, -0.2) is 17.5 Å². The van der Waals surface area contributed by atoms with Crippen molar-refractivity contribution in [3.63, 3.8) is 0 Å². The lowest BCUT2D eigenvalue weighted by atomic mass is 9.92. The fraction of sp³-hybridized carbons (Fsp3) is 0.600. The molecule has 0 aliphatic carbocycles. The fourth-order valence-electron chi connectivity index (χ4n) is 2.83. The van der Waals surface area contributed by atoms with E-state index in [2.05, 4.69) is 37.8 Å². The molecule has 0 spiro atoms. The van der Waals surface area contributed by atoms with E-state index in [1.807, 2.05) is 12.1 Å². The largest absolute Gasteiger partial charge is 0.399 e. The van der Waals surface area contributed by atoms with Crippen molar-refractivity contribution in [1.82, 2.24) is 4.90 Å². The monoisotopic (exact) mass is 232 g/mol. The highest BCUT2D eigenvalue weighted by Gasteiger charge is 2.27. The number of rotatable bonds is 2. The molecule has 17 heavy (non-hydrogen) atoms. The Kier molecular flexibility index (Phi) is 3.72. The molecular weight excluding hydrogens is 208 g/mol. The van der Waals surface area contributed by atoms with Crippen LogP contribution in [0.4, 0.5) is 5.69 Å². The van der Waals surface area contributed by atoms with Crippen LogP contribution >= 0.6 is 0 Å². The molecular formula is C15H24N2. The molecule has 1 aromatic carbocycles. The Balaban J connectivity index is 2.12. The first-order chi connectivity index (χ1) is 8.08. The summed E-state index contributed by atoms with van der Waals surface area (Å²) in [5, 5.41) is 0. The summed E-state index contributed by atoms with van der Waals surface area (Å²) >= 11 is 0. The predicted molar refractivity (Wildman–Crippen MR) is 73.8 cm³/mol. The number of nitrogens with zero attached hydrogens (tertiary/aromatic N) is 1. The number of piperidine rings is 1. The van der Waals surface area contributed by atoms with Gasteiger partial charge in [0, 0.05) is 24.3 Å². The molecule has 0 bridgehead atoms. The van der Waals surface area contributed by atoms with E-state index >= 15 is 0 Å². The van der Waals surface area contributed by atoms with E-state index in [9.17, 15) is 0 Å². The molecule has 1 heterocycles. The van der Waals surface area contributed by atoms with Gasteiger partial charge in [0.2, 0.25) is 0 Å². The number of hydrogen-bond acceptors (Lipinski definition) is 2. The highest BCUT2D eigenvalue weighted by Crippen LogP contribution is 2.30. The summed E-state index contributed by atoms with van der Waals surface area (Å²) in [4.78, 5) is 2.62. The maximum Gasteiger partial charge on any atom is 0.0322 e. The van der Waals surface area contributed by atoms with Crippen molar-refractivity contribution in [1.29, 1.82) is 0 Å². The van der Waals surface area contributed by atoms with Crippen LogP contribution in [0.25, 0.3) is 0 Å². The topological polar surface area (TPSA) is 29.3 Å². The zero-order chi connectivity index (χ0) is 12.4. The van der Waals surface area contributed by atoms with Crippen LogP contribution in [0.5, 0.6) is 0 Å². The van der Waals surface area contributed by atoms with Crippen LogP contribution in [0.15, 0.2) is 24.3 Å². The van der Waals surface area contributed by atoms with Gasteiger partial charge in [0.15, 0.2) is 0 Å². The molecule has 1 saturated heterocycles. The van der Waals surface area contributed by atoms with E-state index in [1.54, 1.807) is 0 Å². The van der Waals surface area contributed by atoms with E-state index in [-0.39, 0.29) is 0 Å². The summed E-state index contributed by atoms with van der Waals surface area (Å²) in [5.74, 6) is 0.822. The summed E-state index contributed by atoms with van der Waals surface area (Å²) in [7, 11) is 0. The maximum atomic E-state index is 5.74. The summed E-state index contributed by atoms with van der Waals surface area (Å²) in [5.41, 5.74) is 7.96. The Morgan fingerprint density at radius 2 is 1.82 bits per heavy atom. The second-order valence-electron chi connectivity index (χ2n) is 5.57. The van der Waals surface area contributed by atoms with Crippen LogP contribution in [0.1, 0.15) is 45.2 Å². The first-order valence-electron chi connectivity index (χ1n) is 6.69. The summed E-state index contributed by atoms with van der Waals surface area (Å²) < 4.78 is 0. The second-order valence-corrected chi connectivity index (χ2v) is 5.57. The van der Waals surface area contributed by atoms with Crippen LogP contribution in [0, 0.1) is 5.92 Å². The van der Waals surface area contributed by atoms with E-state index < -0.39 is 0 Å². The number of benzene rings is 1. The number of nitrogen functional groups attached to an aromatic ring is 1. The molecule has 3 unspecified atom stereocenters. The third kappa shape index (κ3) is 2.81. The molecule has 0 amide bonds. The molecule has 1 aromatic rings. The van der Waals surface area contributed by atoms with Crippen molar-refractivity contribution in [3.8, 4) is 0 Å². The van der Waals surface area contributed by atoms with Gasteiger partial charge in [0.05, 0.1) is 0 Å². The highest BCUT2D eigenvalue weighted by molar-refractivity contribution is 5.40. The minimum absolute atomic E-state index is 0.494. The molecule has 0 saturated carbocycles. The van der Waals surface area contributed by atoms with Crippen molar-refractivity contribution in [2.75, 3.05) is 12.3 Å². The van der Waals surface area contributed by atoms with Gasteiger partial charge in [0.1, 0.15) is 0 Å². The predicted octanol–water partition coefficient (Wildman–Crippen LogP) is 3.45. The van der Waals surface area contributed by atoms with E-state index in [4.69, 9.17) is 5.73 Å². The van der Waals surface area contributed by atoms with Gasteiger partial charge in [-0.1, -0.05) is 19.1 Å². The highest BCUT2D eigenvalue weighted by atomic mass is 15.2. The second kappa shape index (κ2) is 5.09. The van der Waals surface area contributed by atoms with Crippen LogP contribution in [-0.2, 0) is 0 Å². The number of nitrogens with two attached hydrogens (primary N) is 1. The molecule has 1 aliphatic rings. The smallest absolute Gasteiger partial charge is 0.0322 e. The van der Waals surface area contributed by atoms with Crippen molar-refractivity contribution >= 4 is 5.69 Å². The summed E-state index contributed by atoms with van der Waals surface area (Å²) in [6.45, 7) is 8.22. The SMILES string of the molecule is CC1CCC(C)N(C(C)c2ccc(N)cc2)C1. The fourth-order valence-corrected chi connectivity index (χ4v) is 2.83. The summed E-state index contributed by atoms with van der Waals surface area (Å²) in [6.07, 6.45) is 2.69. The molecule has 2 nitrogen and oxygen atoms in total. The van der Waals surface area contributed by atoms with Crippen molar-refractivity contribution in [3.05, 3.63) is 29.8 Å². The molecule has 3 atom stereocenters. The van der Waals surface area contributed by atoms with E-state index in [1.165, 1.54) is 24.9 Å². The van der Waals surface area contributed by atoms with Crippen LogP contribution < -0.4 is 5.73 Å². The lowest BCUT2D eigenvalue weighted by Gasteiger charge is -2.41. The molecule has 1 aliphatic heterocycles. The molecule has 94 valence electrons. The maximum absolute atomic E-state index is 5.74. The third-order valence-corrected chi connectivity index (χ3v) is 4.08. The quantitative estimate of drug-likeness (QED) is 0.791. The van der Waals surface area contributed by atoms with Crippen molar-refractivity contribution in [2.45, 2.75) is 45.7 Å². The molecule has 0 radical (unpaired) electrons. The standard InChI is InChI=1S/C15H24N2/c1-11-4-5-12(2)17(10-11)13(3)14-6-8-15(16)9-7-14/h6-9,11-13H,4-5,10,16H2,1-3H3. The number of anilines is 1. The Hall–Kier alpha value is -1.02. The van der Waals surface area contributed by atoms with Gasteiger partial charge in [-0.2, -0.15) is 0 Å². The first kappa shape index (κ1) is 12.4. The zero-order valence-electron chi connectivity index (χ0n) is 11.2. The van der Waals surface area contributed by atoms with Gasteiger partial charge in [-0.3, -0.25) is 4.90 Å². The Morgan fingerprint density at radius 3 is 2.47 bits per heavy atom. The molecule has 1 fully saturated rings. The number of hydrogen-bond donors (Lipinski definition) is 1. The number of likely N-dealkylation sites (tertiary alicyclic amines) is 1. The van der Waals surface area contributed by atoms with Gasteiger partial charge in [-0.25, -0.2) is 0 Å². The average Bonchev–Trinajstić information content (AvgIpc) is 2.32. The lowest BCUT2D eigenvalue weighted by molar-refractivity contribution is 0.0845. The average molecular weight is 232 g/mol. The molecule has 2 N–H and O–H groups in total. The summed E-state index contributed by atoms with van der Waals surface area (Å²) in [6, 6.07) is 9.51. The van der Waals surface area contributed by atoms with Gasteiger partial charge in [-0.05, 0) is 50.3 Å². The Morgan fingerprint density at radius 1 is 1.18 bits per heavy atom. The first-order valence-corrected chi connectivity index (χ1v) is 6.69. The lowest BCUT2D eigenvalue weighted by Crippen LogP contribution is -2.42. The zero-order valence-corrected chi connectivity index (χ0v) is 11.2. The normalized spacial score (nSPS) is 27.9. The molecule has 2 heteroatoms. The minimum Gasteiger partial charge on any atom is -0.399 e. The van der Waals surface area contributed by atoms with Crippen molar-refractivity contribution in [2.24, 2.45) is 5.92 Å². The van der Waals surface area contributed by atoms with Gasteiger partial charge >= 0.3 is 0 Å². The molecule has 2 rings (SSSR count). The third-order valence-electron chi connectivity index (χ3n) is 4.08. The Bertz CT molecular complexity index is 358.